The molecule has 0 aromatic rings. The molecule has 1 aliphatic rings. The Bertz CT molecular complexity index is 375. The average Bonchev–Trinajstić information content (AvgIpc) is 2.33. The molecule has 9 heteroatoms. The van der Waals surface area contributed by atoms with Gasteiger partial charge in [-0.1, -0.05) is 0 Å². The predicted molar refractivity (Wildman–Crippen MR) is 63.4 cm³/mol. The van der Waals surface area contributed by atoms with Crippen LogP contribution in [0.15, 0.2) is 0 Å². The van der Waals surface area contributed by atoms with Gasteiger partial charge >= 0.3 is 5.97 Å². The lowest BCUT2D eigenvalue weighted by molar-refractivity contribution is -0.280. The van der Waals surface area contributed by atoms with Crippen LogP contribution in [0, 0.1) is 0 Å². The van der Waals surface area contributed by atoms with Crippen molar-refractivity contribution in [3.05, 3.63) is 0 Å². The number of aliphatic hydroxyl groups excluding tert-OH is 3. The Hall–Kier alpha value is -1.26. The van der Waals surface area contributed by atoms with Gasteiger partial charge in [-0.15, -0.1) is 0 Å². The van der Waals surface area contributed by atoms with E-state index in [-0.39, 0.29) is 6.42 Å². The Kier molecular flexibility index (Phi) is 5.42. The number of aliphatic hydroxyl groups is 4. The monoisotopic (exact) mass is 293 g/mol. The summed E-state index contributed by atoms with van der Waals surface area (Å²) in [6.07, 6.45) is -4.65. The van der Waals surface area contributed by atoms with Gasteiger partial charge in [0.25, 0.3) is 5.79 Å². The van der Waals surface area contributed by atoms with Crippen molar-refractivity contribution < 1.29 is 39.9 Å². The number of ether oxygens (including phenoxy) is 1. The fraction of sp³-hybridized carbons (Fsp3) is 0.818. The van der Waals surface area contributed by atoms with Crippen LogP contribution in [0.25, 0.3) is 0 Å². The minimum atomic E-state index is -2.60. The first-order valence-electron chi connectivity index (χ1n) is 6.07. The summed E-state index contributed by atoms with van der Waals surface area (Å²) in [6.45, 7) is 0.596. The molecule has 9 nitrogen and oxygen atoms in total. The van der Waals surface area contributed by atoms with Gasteiger partial charge in [0.15, 0.2) is 0 Å². The summed E-state index contributed by atoms with van der Waals surface area (Å²) in [7, 11) is 0. The number of hydrogen-bond donors (Lipinski definition) is 6. The van der Waals surface area contributed by atoms with Crippen molar-refractivity contribution in [2.45, 2.75) is 49.9 Å². The topological polar surface area (TPSA) is 157 Å². The van der Waals surface area contributed by atoms with Gasteiger partial charge in [-0.2, -0.15) is 0 Å². The van der Waals surface area contributed by atoms with Gasteiger partial charge < -0.3 is 35.6 Å². The zero-order chi connectivity index (χ0) is 15.5. The van der Waals surface area contributed by atoms with E-state index >= 15 is 0 Å². The summed E-state index contributed by atoms with van der Waals surface area (Å²) in [4.78, 5) is 22.1. The first-order valence-corrected chi connectivity index (χ1v) is 6.07. The highest BCUT2D eigenvalue weighted by Gasteiger charge is 2.51. The molecule has 0 aromatic heterocycles. The summed E-state index contributed by atoms with van der Waals surface area (Å²) in [6, 6.07) is -0.992. The van der Waals surface area contributed by atoms with E-state index in [4.69, 9.17) is 14.9 Å². The fourth-order valence-corrected chi connectivity index (χ4v) is 2.13. The fourth-order valence-electron chi connectivity index (χ4n) is 2.13. The van der Waals surface area contributed by atoms with Gasteiger partial charge in [0.1, 0.15) is 0 Å². The van der Waals surface area contributed by atoms with Gasteiger partial charge in [-0.3, -0.25) is 4.79 Å². The summed E-state index contributed by atoms with van der Waals surface area (Å²) < 4.78 is 5.00. The Balaban J connectivity index is 2.93. The van der Waals surface area contributed by atoms with Crippen LogP contribution in [-0.4, -0.2) is 74.2 Å². The molecule has 0 aromatic carbocycles. The highest BCUT2D eigenvalue weighted by atomic mass is 16.7. The van der Waals surface area contributed by atoms with E-state index in [0.29, 0.717) is 0 Å². The van der Waals surface area contributed by atoms with Crippen molar-refractivity contribution in [3.63, 3.8) is 0 Å². The average molecular weight is 293 g/mol. The Morgan fingerprint density at radius 2 is 2.10 bits per heavy atom. The third-order valence-corrected chi connectivity index (χ3v) is 3.07. The van der Waals surface area contributed by atoms with E-state index in [1.54, 1.807) is 0 Å². The molecule has 1 saturated heterocycles. The van der Waals surface area contributed by atoms with Gasteiger partial charge in [0.05, 0.1) is 31.0 Å². The second kappa shape index (κ2) is 6.46. The van der Waals surface area contributed by atoms with Crippen molar-refractivity contribution in [2.75, 3.05) is 6.61 Å². The molecule has 20 heavy (non-hydrogen) atoms. The minimum Gasteiger partial charge on any atom is -0.477 e. The molecular formula is C11H19NO8. The van der Waals surface area contributed by atoms with Crippen LogP contribution in [-0.2, 0) is 14.3 Å². The highest BCUT2D eigenvalue weighted by Crippen LogP contribution is 2.30. The summed E-state index contributed by atoms with van der Waals surface area (Å²) in [5, 5.41) is 49.2. The van der Waals surface area contributed by atoms with Crippen molar-refractivity contribution >= 4 is 11.9 Å². The standard InChI is InChI=1S/C11H19NO8/c1-5(14)12-9-7(16)3-11(19,10(17)18)20-8(9)2-6(15)4-13/h6-9,13,15-16,19H,2-4H2,1H3,(H,12,14)(H,17,18)/t6-,7+,8?,9+,11+/m0/s1. The quantitative estimate of drug-likeness (QED) is 0.316. The molecule has 0 spiro atoms. The third-order valence-electron chi connectivity index (χ3n) is 3.07. The van der Waals surface area contributed by atoms with Crippen LogP contribution in [0.1, 0.15) is 19.8 Å². The maximum absolute atomic E-state index is 11.1. The molecule has 6 N–H and O–H groups in total. The number of hydrogen-bond acceptors (Lipinski definition) is 7. The maximum Gasteiger partial charge on any atom is 0.364 e. The summed E-state index contributed by atoms with van der Waals surface area (Å²) in [5.74, 6) is -4.77. The lowest BCUT2D eigenvalue weighted by atomic mass is 9.90. The van der Waals surface area contributed by atoms with Crippen LogP contribution in [0.2, 0.25) is 0 Å². The highest BCUT2D eigenvalue weighted by molar-refractivity contribution is 5.76. The first kappa shape index (κ1) is 16.8. The first-order chi connectivity index (χ1) is 9.19. The molecule has 5 atom stereocenters. The van der Waals surface area contributed by atoms with Gasteiger partial charge in [-0.05, 0) is 0 Å². The van der Waals surface area contributed by atoms with Gasteiger partial charge in [0.2, 0.25) is 5.91 Å². The molecule has 1 fully saturated rings. The molecule has 1 amide bonds. The SMILES string of the molecule is CC(=O)N[C@H]1C(C[C@H](O)CO)O[C@@](O)(C(=O)O)C[C@H]1O. The second-order valence-electron chi connectivity index (χ2n) is 4.82. The molecule has 0 radical (unpaired) electrons. The normalized spacial score (nSPS) is 35.4. The van der Waals surface area contributed by atoms with Crippen molar-refractivity contribution in [1.29, 1.82) is 0 Å². The number of carboxylic acid groups (broad SMARTS) is 1. The zero-order valence-corrected chi connectivity index (χ0v) is 10.9. The molecule has 0 bridgehead atoms. The lowest BCUT2D eigenvalue weighted by Gasteiger charge is -2.42. The van der Waals surface area contributed by atoms with E-state index in [9.17, 15) is 24.9 Å². The number of carbonyl (C=O) groups excluding carboxylic acids is 1. The van der Waals surface area contributed by atoms with Crippen LogP contribution in [0.3, 0.4) is 0 Å². The molecule has 0 aliphatic carbocycles. The van der Waals surface area contributed by atoms with Gasteiger partial charge in [-0.25, -0.2) is 4.79 Å². The number of aliphatic carboxylic acids is 1. The van der Waals surface area contributed by atoms with Crippen molar-refractivity contribution in [3.8, 4) is 0 Å². The van der Waals surface area contributed by atoms with E-state index < -0.39 is 55.0 Å². The number of carboxylic acids is 1. The summed E-state index contributed by atoms with van der Waals surface area (Å²) in [5.41, 5.74) is 0. The minimum absolute atomic E-state index is 0.256. The molecule has 1 unspecified atom stereocenters. The number of carbonyl (C=O) groups is 2. The second-order valence-corrected chi connectivity index (χ2v) is 4.82. The van der Waals surface area contributed by atoms with E-state index in [2.05, 4.69) is 5.32 Å². The van der Waals surface area contributed by atoms with Crippen LogP contribution < -0.4 is 5.32 Å². The Morgan fingerprint density at radius 1 is 1.50 bits per heavy atom. The van der Waals surface area contributed by atoms with Crippen molar-refractivity contribution in [1.82, 2.24) is 5.32 Å². The van der Waals surface area contributed by atoms with E-state index in [1.165, 1.54) is 6.92 Å². The molecule has 1 aliphatic heterocycles. The van der Waals surface area contributed by atoms with Crippen LogP contribution >= 0.6 is 0 Å². The van der Waals surface area contributed by atoms with Gasteiger partial charge in [0, 0.05) is 19.8 Å². The molecule has 116 valence electrons. The molecule has 1 heterocycles. The number of nitrogens with one attached hydrogen (secondary N) is 1. The summed E-state index contributed by atoms with van der Waals surface area (Å²) >= 11 is 0. The Labute approximate surface area is 114 Å². The molecule has 0 saturated carbocycles. The largest absolute Gasteiger partial charge is 0.477 e. The van der Waals surface area contributed by atoms with Crippen LogP contribution in [0.4, 0.5) is 0 Å². The van der Waals surface area contributed by atoms with E-state index in [1.807, 2.05) is 0 Å². The van der Waals surface area contributed by atoms with Crippen LogP contribution in [0.5, 0.6) is 0 Å². The smallest absolute Gasteiger partial charge is 0.364 e. The number of amides is 1. The zero-order valence-electron chi connectivity index (χ0n) is 10.9. The number of rotatable bonds is 5. The Morgan fingerprint density at radius 3 is 2.55 bits per heavy atom. The van der Waals surface area contributed by atoms with Crippen molar-refractivity contribution in [2.24, 2.45) is 0 Å². The molecular weight excluding hydrogens is 274 g/mol. The predicted octanol–water partition coefficient (Wildman–Crippen LogP) is -2.84. The lowest BCUT2D eigenvalue weighted by Crippen LogP contribution is -2.63. The van der Waals surface area contributed by atoms with E-state index in [0.717, 1.165) is 0 Å². The molecule has 1 rings (SSSR count). The maximum atomic E-state index is 11.1. The third kappa shape index (κ3) is 3.87.